The molecule has 3 rings (SSSR count). The number of nitrogens with zero attached hydrogens (tertiary/aromatic N) is 2. The first-order valence-electron chi connectivity index (χ1n) is 10.4. The monoisotopic (exact) mass is 454 g/mol. The summed E-state index contributed by atoms with van der Waals surface area (Å²) in [5, 5.41) is 0. The van der Waals surface area contributed by atoms with Gasteiger partial charge in [0.05, 0.1) is 0 Å². The van der Waals surface area contributed by atoms with Gasteiger partial charge in [-0.25, -0.2) is 0 Å². The second-order valence-electron chi connectivity index (χ2n) is 8.21. The summed E-state index contributed by atoms with van der Waals surface area (Å²) in [6.07, 6.45) is 5.68. The molecule has 29 heavy (non-hydrogen) atoms. The first-order valence-corrected chi connectivity index (χ1v) is 11.2. The third kappa shape index (κ3) is 6.28. The number of likely N-dealkylation sites (tertiary alicyclic amines) is 1. The Labute approximate surface area is 183 Å². The van der Waals surface area contributed by atoms with E-state index in [1.54, 1.807) is 0 Å². The van der Waals surface area contributed by atoms with Crippen LogP contribution in [0.1, 0.15) is 47.7 Å². The molecule has 154 valence electrons. The number of carbonyl (C=O) groups is 1. The predicted molar refractivity (Wildman–Crippen MR) is 125 cm³/mol. The van der Waals surface area contributed by atoms with Crippen LogP contribution in [0.3, 0.4) is 0 Å². The number of hydrogen-bond acceptors (Lipinski definition) is 2. The molecule has 3 nitrogen and oxygen atoms in total. The van der Waals surface area contributed by atoms with Crippen molar-refractivity contribution in [1.82, 2.24) is 9.80 Å². The zero-order chi connectivity index (χ0) is 20.8. The largest absolute Gasteiger partial charge is 0.335 e. The molecule has 0 aliphatic carbocycles. The Morgan fingerprint density at radius 3 is 2.66 bits per heavy atom. The molecule has 1 aliphatic rings. The summed E-state index contributed by atoms with van der Waals surface area (Å²) >= 11 is 3.54. The highest BCUT2D eigenvalue weighted by molar-refractivity contribution is 9.10. The Bertz CT molecular complexity index is 842. The van der Waals surface area contributed by atoms with E-state index in [2.05, 4.69) is 53.0 Å². The normalized spacial score (nSPS) is 17.5. The number of benzene rings is 2. The van der Waals surface area contributed by atoms with Crippen LogP contribution in [-0.4, -0.2) is 48.4 Å². The molecule has 4 heteroatoms. The Balaban J connectivity index is 1.78. The lowest BCUT2D eigenvalue weighted by Gasteiger charge is -2.27. The lowest BCUT2D eigenvalue weighted by molar-refractivity contribution is 0.0757. The van der Waals surface area contributed by atoms with Gasteiger partial charge in [-0.2, -0.15) is 0 Å². The van der Waals surface area contributed by atoms with Crippen LogP contribution in [0.4, 0.5) is 0 Å². The van der Waals surface area contributed by atoms with Gasteiger partial charge in [0.25, 0.3) is 5.91 Å². The molecule has 0 saturated carbocycles. The first kappa shape index (κ1) is 21.8. The molecule has 1 heterocycles. The summed E-state index contributed by atoms with van der Waals surface area (Å²) in [6.45, 7) is 6.73. The Hall–Kier alpha value is -1.91. The minimum atomic E-state index is 0.107. The van der Waals surface area contributed by atoms with Crippen molar-refractivity contribution < 1.29 is 4.79 Å². The molecule has 2 aromatic carbocycles. The summed E-state index contributed by atoms with van der Waals surface area (Å²) in [6, 6.07) is 16.8. The molecule has 2 aromatic rings. The third-order valence-corrected chi connectivity index (χ3v) is 6.09. The molecular formula is C25H31BrN2O. The summed E-state index contributed by atoms with van der Waals surface area (Å²) < 4.78 is 0.952. The second kappa shape index (κ2) is 10.2. The summed E-state index contributed by atoms with van der Waals surface area (Å²) in [5.74, 6) is 0.107. The fourth-order valence-electron chi connectivity index (χ4n) is 4.12. The second-order valence-corrected chi connectivity index (χ2v) is 9.13. The van der Waals surface area contributed by atoms with E-state index in [1.807, 2.05) is 48.2 Å². The fourth-order valence-corrected chi connectivity index (χ4v) is 4.73. The van der Waals surface area contributed by atoms with Crippen molar-refractivity contribution in [3.8, 4) is 0 Å². The minimum absolute atomic E-state index is 0.107. The van der Waals surface area contributed by atoms with Crippen LogP contribution in [0.15, 0.2) is 58.6 Å². The Kier molecular flexibility index (Phi) is 7.68. The Morgan fingerprint density at radius 1 is 1.24 bits per heavy atom. The molecule has 1 unspecified atom stereocenters. The van der Waals surface area contributed by atoms with Crippen molar-refractivity contribution in [2.45, 2.75) is 39.2 Å². The number of rotatable bonds is 7. The average Bonchev–Trinajstić information content (AvgIpc) is 3.09. The Morgan fingerprint density at radius 2 is 2.00 bits per heavy atom. The van der Waals surface area contributed by atoms with Gasteiger partial charge in [0.15, 0.2) is 0 Å². The third-order valence-electron chi connectivity index (χ3n) is 5.63. The van der Waals surface area contributed by atoms with Gasteiger partial charge < -0.3 is 9.80 Å². The molecule has 1 saturated heterocycles. The van der Waals surface area contributed by atoms with E-state index in [-0.39, 0.29) is 5.91 Å². The van der Waals surface area contributed by atoms with Gasteiger partial charge >= 0.3 is 0 Å². The highest BCUT2D eigenvalue weighted by Gasteiger charge is 2.23. The standard InChI is InChI=1S/C25H31BrN2O/c1-19-15-22(17-23(26)16-19)25(29)28(13-11-24-10-7-12-27(24)3)18-20(2)14-21-8-5-4-6-9-21/h4-6,8-9,14-17,24H,7,10-13,18H2,1-3H3/b20-14+. The van der Waals surface area contributed by atoms with E-state index in [0.29, 0.717) is 12.6 Å². The van der Waals surface area contributed by atoms with Crippen LogP contribution in [0.25, 0.3) is 6.08 Å². The number of amides is 1. The van der Waals surface area contributed by atoms with E-state index in [0.717, 1.165) is 35.1 Å². The van der Waals surface area contributed by atoms with Gasteiger partial charge in [0, 0.05) is 29.2 Å². The van der Waals surface area contributed by atoms with Crippen molar-refractivity contribution in [3.63, 3.8) is 0 Å². The molecule has 0 spiro atoms. The zero-order valence-electron chi connectivity index (χ0n) is 17.7. The first-order chi connectivity index (χ1) is 13.9. The quantitative estimate of drug-likeness (QED) is 0.528. The maximum atomic E-state index is 13.4. The van der Waals surface area contributed by atoms with Crippen molar-refractivity contribution in [2.75, 3.05) is 26.7 Å². The van der Waals surface area contributed by atoms with Gasteiger partial charge in [-0.15, -0.1) is 0 Å². The van der Waals surface area contributed by atoms with Crippen LogP contribution in [0, 0.1) is 6.92 Å². The van der Waals surface area contributed by atoms with Crippen molar-refractivity contribution in [3.05, 3.63) is 75.3 Å². The van der Waals surface area contributed by atoms with Crippen molar-refractivity contribution in [2.24, 2.45) is 0 Å². The lowest BCUT2D eigenvalue weighted by atomic mass is 10.1. The minimum Gasteiger partial charge on any atom is -0.335 e. The van der Waals surface area contributed by atoms with Crippen molar-refractivity contribution >= 4 is 27.9 Å². The number of carbonyl (C=O) groups excluding carboxylic acids is 1. The summed E-state index contributed by atoms with van der Waals surface area (Å²) in [7, 11) is 2.20. The number of halogens is 1. The molecule has 1 atom stereocenters. The van der Waals surface area contributed by atoms with E-state index in [4.69, 9.17) is 0 Å². The van der Waals surface area contributed by atoms with E-state index in [1.165, 1.54) is 24.0 Å². The maximum Gasteiger partial charge on any atom is 0.254 e. The smallest absolute Gasteiger partial charge is 0.254 e. The maximum absolute atomic E-state index is 13.4. The molecule has 0 aromatic heterocycles. The van der Waals surface area contributed by atoms with Gasteiger partial charge in [-0.3, -0.25) is 4.79 Å². The molecule has 1 aliphatic heterocycles. The fraction of sp³-hybridized carbons (Fsp3) is 0.400. The highest BCUT2D eigenvalue weighted by atomic mass is 79.9. The molecule has 0 radical (unpaired) electrons. The summed E-state index contributed by atoms with van der Waals surface area (Å²) in [5.41, 5.74) is 4.21. The zero-order valence-corrected chi connectivity index (χ0v) is 19.3. The van der Waals surface area contributed by atoms with E-state index >= 15 is 0 Å². The van der Waals surface area contributed by atoms with Crippen LogP contribution in [0.5, 0.6) is 0 Å². The van der Waals surface area contributed by atoms with E-state index in [9.17, 15) is 4.79 Å². The lowest BCUT2D eigenvalue weighted by Crippen LogP contribution is -2.37. The number of hydrogen-bond donors (Lipinski definition) is 0. The van der Waals surface area contributed by atoms with Crippen molar-refractivity contribution in [1.29, 1.82) is 0 Å². The van der Waals surface area contributed by atoms with E-state index < -0.39 is 0 Å². The van der Waals surface area contributed by atoms with Gasteiger partial charge in [0.2, 0.25) is 0 Å². The molecule has 1 fully saturated rings. The average molecular weight is 455 g/mol. The highest BCUT2D eigenvalue weighted by Crippen LogP contribution is 2.21. The molecule has 0 bridgehead atoms. The SMILES string of the molecule is C/C(=C\c1ccccc1)CN(CCC1CCCN1C)C(=O)c1cc(C)cc(Br)c1. The molecular weight excluding hydrogens is 424 g/mol. The molecule has 1 amide bonds. The summed E-state index contributed by atoms with van der Waals surface area (Å²) in [4.78, 5) is 17.8. The van der Waals surface area contributed by atoms with Gasteiger partial charge in [-0.05, 0) is 76.0 Å². The van der Waals surface area contributed by atoms with Gasteiger partial charge in [-0.1, -0.05) is 57.9 Å². The van der Waals surface area contributed by atoms with Crippen LogP contribution in [-0.2, 0) is 0 Å². The van der Waals surface area contributed by atoms with Crippen LogP contribution >= 0.6 is 15.9 Å². The topological polar surface area (TPSA) is 23.6 Å². The number of aryl methyl sites for hydroxylation is 1. The van der Waals surface area contributed by atoms with Crippen LogP contribution < -0.4 is 0 Å². The molecule has 0 N–H and O–H groups in total. The van der Waals surface area contributed by atoms with Crippen LogP contribution in [0.2, 0.25) is 0 Å². The van der Waals surface area contributed by atoms with Gasteiger partial charge in [0.1, 0.15) is 0 Å². The predicted octanol–water partition coefficient (Wildman–Crippen LogP) is 5.79.